The van der Waals surface area contributed by atoms with Crippen LogP contribution >= 0.6 is 15.9 Å². The van der Waals surface area contributed by atoms with Gasteiger partial charge < -0.3 is 0 Å². The largest absolute Gasteiger partial charge is 0.192 e. The molecule has 0 saturated carbocycles. The maximum atomic E-state index is 8.82. The molecular weight excluding hydrogens is 256 g/mol. The first kappa shape index (κ1) is 10.7. The molecule has 0 amide bonds. The maximum Gasteiger partial charge on any atom is 0.102 e. The first-order valence-electron chi connectivity index (χ1n) is 3.66. The first-order chi connectivity index (χ1) is 7.19. The minimum Gasteiger partial charge on any atom is -0.192 e. The van der Waals surface area contributed by atoms with Crippen LogP contribution in [0.15, 0.2) is 10.5 Å². The van der Waals surface area contributed by atoms with Gasteiger partial charge >= 0.3 is 0 Å². The molecule has 0 bridgehead atoms. The molecule has 0 saturated heterocycles. The number of hydrogen-bond donors (Lipinski definition) is 0. The quantitative estimate of drug-likeness (QED) is 0.709. The van der Waals surface area contributed by atoms with E-state index < -0.39 is 0 Å². The Morgan fingerprint density at radius 2 is 1.33 bits per heavy atom. The molecule has 15 heavy (non-hydrogen) atoms. The molecule has 0 aliphatic rings. The number of benzene rings is 1. The third-order valence-corrected chi connectivity index (χ3v) is 2.55. The second-order valence-corrected chi connectivity index (χ2v) is 3.28. The highest BCUT2D eigenvalue weighted by molar-refractivity contribution is 9.10. The van der Waals surface area contributed by atoms with Crippen molar-refractivity contribution in [2.45, 2.75) is 0 Å². The average molecular weight is 257 g/mol. The number of halogens is 1. The monoisotopic (exact) mass is 256 g/mol. The fourth-order valence-electron chi connectivity index (χ4n) is 1.05. The third kappa shape index (κ3) is 1.65. The molecule has 1 aromatic rings. The van der Waals surface area contributed by atoms with Crippen LogP contribution in [0.2, 0.25) is 0 Å². The molecule has 1 aromatic carbocycles. The Labute approximate surface area is 94.3 Å². The summed E-state index contributed by atoms with van der Waals surface area (Å²) in [4.78, 5) is 0. The van der Waals surface area contributed by atoms with Crippen molar-refractivity contribution >= 4 is 15.9 Å². The zero-order valence-electron chi connectivity index (χ0n) is 7.24. The highest BCUT2D eigenvalue weighted by Crippen LogP contribution is 2.26. The third-order valence-electron chi connectivity index (χ3n) is 1.73. The Hall–Kier alpha value is -2.34. The summed E-state index contributed by atoms with van der Waals surface area (Å²) < 4.78 is 0.253. The smallest absolute Gasteiger partial charge is 0.102 e. The lowest BCUT2D eigenvalue weighted by atomic mass is 10.0. The number of rotatable bonds is 0. The second kappa shape index (κ2) is 4.25. The molecule has 4 nitrogen and oxygen atoms in total. The van der Waals surface area contributed by atoms with E-state index in [4.69, 9.17) is 21.0 Å². The van der Waals surface area contributed by atoms with Crippen LogP contribution in [-0.4, -0.2) is 0 Å². The van der Waals surface area contributed by atoms with Gasteiger partial charge in [-0.05, 0) is 22.0 Å². The Kier molecular flexibility index (Phi) is 3.04. The molecule has 0 heterocycles. The Bertz CT molecular complexity index is 590. The fourth-order valence-corrected chi connectivity index (χ4v) is 1.54. The molecule has 0 aliphatic carbocycles. The minimum atomic E-state index is -0.00845. The van der Waals surface area contributed by atoms with Crippen LogP contribution < -0.4 is 0 Å². The first-order valence-corrected chi connectivity index (χ1v) is 4.45. The van der Waals surface area contributed by atoms with Crippen molar-refractivity contribution in [2.75, 3.05) is 0 Å². The average Bonchev–Trinajstić information content (AvgIpc) is 2.28. The molecule has 0 unspecified atom stereocenters. The summed E-state index contributed by atoms with van der Waals surface area (Å²) in [7, 11) is 0. The van der Waals surface area contributed by atoms with Crippen molar-refractivity contribution in [3.63, 3.8) is 0 Å². The van der Waals surface area contributed by atoms with Crippen LogP contribution in [0.1, 0.15) is 22.3 Å². The van der Waals surface area contributed by atoms with Crippen LogP contribution in [0.5, 0.6) is 0 Å². The Balaban J connectivity index is 3.82. The molecule has 1 rings (SSSR count). The van der Waals surface area contributed by atoms with E-state index in [-0.39, 0.29) is 26.7 Å². The minimum absolute atomic E-state index is 0.00845. The van der Waals surface area contributed by atoms with E-state index in [2.05, 4.69) is 15.9 Å². The van der Waals surface area contributed by atoms with Crippen molar-refractivity contribution in [3.05, 3.63) is 32.8 Å². The highest BCUT2D eigenvalue weighted by atomic mass is 79.9. The van der Waals surface area contributed by atoms with Gasteiger partial charge in [-0.1, -0.05) is 0 Å². The predicted octanol–water partition coefficient (Wildman–Crippen LogP) is 1.94. The zero-order chi connectivity index (χ0) is 11.4. The summed E-state index contributed by atoms with van der Waals surface area (Å²) in [5.74, 6) is 0. The van der Waals surface area contributed by atoms with Crippen molar-refractivity contribution in [1.82, 2.24) is 0 Å². The van der Waals surface area contributed by atoms with E-state index in [0.717, 1.165) is 0 Å². The summed E-state index contributed by atoms with van der Waals surface area (Å²) in [5, 5.41) is 35.1. The standard InChI is InChI=1S/C10HBrN4/c11-10-7(3-13)1-6(2-12)8(4-14)9(10)5-15/h1H. The normalized spacial score (nSPS) is 8.07. The Morgan fingerprint density at radius 1 is 0.800 bits per heavy atom. The van der Waals surface area contributed by atoms with E-state index in [1.807, 2.05) is 6.07 Å². The fraction of sp³-hybridized carbons (Fsp3) is 0. The van der Waals surface area contributed by atoms with Crippen LogP contribution in [-0.2, 0) is 0 Å². The Morgan fingerprint density at radius 3 is 1.73 bits per heavy atom. The highest BCUT2D eigenvalue weighted by Gasteiger charge is 2.15. The van der Waals surface area contributed by atoms with Gasteiger partial charge in [0.2, 0.25) is 0 Å². The summed E-state index contributed by atoms with van der Waals surface area (Å²) in [5.41, 5.74) is 0.217. The van der Waals surface area contributed by atoms with Crippen LogP contribution in [0.4, 0.5) is 0 Å². The van der Waals surface area contributed by atoms with Crippen LogP contribution in [0, 0.1) is 45.3 Å². The lowest BCUT2D eigenvalue weighted by molar-refractivity contribution is 1.35. The van der Waals surface area contributed by atoms with Crippen LogP contribution in [0.25, 0.3) is 0 Å². The summed E-state index contributed by atoms with van der Waals surface area (Å²) in [6.07, 6.45) is 0. The number of nitrogens with zero attached hydrogens (tertiary/aromatic N) is 4. The van der Waals surface area contributed by atoms with E-state index in [9.17, 15) is 0 Å². The lowest BCUT2D eigenvalue weighted by Gasteiger charge is -2.02. The van der Waals surface area contributed by atoms with Crippen molar-refractivity contribution in [3.8, 4) is 24.3 Å². The van der Waals surface area contributed by atoms with Gasteiger partial charge in [0.25, 0.3) is 0 Å². The number of nitriles is 4. The van der Waals surface area contributed by atoms with Gasteiger partial charge in [0, 0.05) is 0 Å². The topological polar surface area (TPSA) is 95.2 Å². The lowest BCUT2D eigenvalue weighted by Crippen LogP contribution is -1.94. The number of hydrogen-bond acceptors (Lipinski definition) is 4. The predicted molar refractivity (Wildman–Crippen MR) is 53.0 cm³/mol. The van der Waals surface area contributed by atoms with Gasteiger partial charge in [-0.2, -0.15) is 21.0 Å². The maximum absolute atomic E-state index is 8.82. The zero-order valence-corrected chi connectivity index (χ0v) is 8.83. The van der Waals surface area contributed by atoms with E-state index in [0.29, 0.717) is 0 Å². The van der Waals surface area contributed by atoms with Crippen molar-refractivity contribution in [2.24, 2.45) is 0 Å². The van der Waals surface area contributed by atoms with Gasteiger partial charge in [0.05, 0.1) is 26.7 Å². The van der Waals surface area contributed by atoms with Gasteiger partial charge in [0.1, 0.15) is 24.3 Å². The van der Waals surface area contributed by atoms with Crippen LogP contribution in [0.3, 0.4) is 0 Å². The van der Waals surface area contributed by atoms with Crippen molar-refractivity contribution < 1.29 is 0 Å². The summed E-state index contributed by atoms with van der Waals surface area (Å²) in [6, 6.07) is 8.46. The van der Waals surface area contributed by atoms with E-state index >= 15 is 0 Å². The van der Waals surface area contributed by atoms with E-state index in [1.54, 1.807) is 18.2 Å². The molecule has 0 fully saturated rings. The molecule has 0 radical (unpaired) electrons. The SMILES string of the molecule is N#Cc1cc(C#N)c(C#N)c(C#N)c1Br. The summed E-state index contributed by atoms with van der Waals surface area (Å²) >= 11 is 3.05. The van der Waals surface area contributed by atoms with Gasteiger partial charge in [-0.3, -0.25) is 0 Å². The van der Waals surface area contributed by atoms with Gasteiger partial charge in [-0.25, -0.2) is 0 Å². The molecule has 0 aromatic heterocycles. The van der Waals surface area contributed by atoms with Gasteiger partial charge in [-0.15, -0.1) is 0 Å². The molecule has 0 N–H and O–H groups in total. The molecular formula is C10HBrN4. The molecule has 68 valence electrons. The molecule has 0 aliphatic heterocycles. The second-order valence-electron chi connectivity index (χ2n) is 2.48. The van der Waals surface area contributed by atoms with Gasteiger partial charge in [0.15, 0.2) is 0 Å². The molecule has 5 heteroatoms. The molecule has 0 atom stereocenters. The molecule has 0 spiro atoms. The summed E-state index contributed by atoms with van der Waals surface area (Å²) in [6.45, 7) is 0. The van der Waals surface area contributed by atoms with E-state index in [1.165, 1.54) is 6.07 Å². The van der Waals surface area contributed by atoms with Crippen molar-refractivity contribution in [1.29, 1.82) is 21.0 Å².